The minimum Gasteiger partial charge on any atom is -0.355 e. The Hall–Kier alpha value is -5.44. The van der Waals surface area contributed by atoms with Crippen LogP contribution in [-0.2, 0) is 5.41 Å². The highest BCUT2D eigenvalue weighted by Crippen LogP contribution is 2.63. The third-order valence-corrected chi connectivity index (χ3v) is 11.1. The molecule has 210 valence electrons. The van der Waals surface area contributed by atoms with Crippen LogP contribution in [0.1, 0.15) is 22.3 Å². The summed E-state index contributed by atoms with van der Waals surface area (Å²) in [5.41, 5.74) is 15.1. The molecule has 0 radical (unpaired) electrons. The van der Waals surface area contributed by atoms with Crippen molar-refractivity contribution in [2.75, 3.05) is 5.32 Å². The molecule has 2 aliphatic rings. The van der Waals surface area contributed by atoms with Crippen molar-refractivity contribution in [3.05, 3.63) is 180 Å². The van der Waals surface area contributed by atoms with Gasteiger partial charge >= 0.3 is 0 Å². The first kappa shape index (κ1) is 24.9. The first-order valence-corrected chi connectivity index (χ1v) is 16.3. The average molecular weight is 590 g/mol. The molecule has 0 bridgehead atoms. The lowest BCUT2D eigenvalue weighted by Gasteiger charge is -2.30. The van der Waals surface area contributed by atoms with Gasteiger partial charge in [0.05, 0.1) is 5.41 Å². The van der Waals surface area contributed by atoms with E-state index in [4.69, 9.17) is 0 Å². The van der Waals surface area contributed by atoms with Gasteiger partial charge in [-0.05, 0) is 74.3 Å². The Balaban J connectivity index is 1.15. The van der Waals surface area contributed by atoms with Crippen LogP contribution in [0, 0.1) is 0 Å². The molecule has 0 atom stereocenters. The number of rotatable bonds is 3. The Kier molecular flexibility index (Phi) is 5.14. The molecule has 10 rings (SSSR count). The second-order valence-electron chi connectivity index (χ2n) is 12.1. The molecule has 1 spiro atoms. The molecule has 7 aromatic carbocycles. The summed E-state index contributed by atoms with van der Waals surface area (Å²) in [6.45, 7) is 0. The van der Waals surface area contributed by atoms with Crippen molar-refractivity contribution in [1.82, 2.24) is 0 Å². The minimum absolute atomic E-state index is 0.338. The van der Waals surface area contributed by atoms with Crippen LogP contribution in [-0.4, -0.2) is 0 Å². The molecule has 2 heteroatoms. The van der Waals surface area contributed by atoms with Gasteiger partial charge < -0.3 is 5.32 Å². The van der Waals surface area contributed by atoms with Crippen LogP contribution in [0.2, 0.25) is 0 Å². The van der Waals surface area contributed by atoms with E-state index in [1.807, 2.05) is 11.3 Å². The van der Waals surface area contributed by atoms with Crippen LogP contribution in [0.15, 0.2) is 158 Å². The van der Waals surface area contributed by atoms with E-state index in [9.17, 15) is 0 Å². The minimum atomic E-state index is -0.338. The van der Waals surface area contributed by atoms with Gasteiger partial charge in [-0.3, -0.25) is 0 Å². The van der Waals surface area contributed by atoms with Gasteiger partial charge in [0.25, 0.3) is 0 Å². The largest absolute Gasteiger partial charge is 0.355 e. The summed E-state index contributed by atoms with van der Waals surface area (Å²) >= 11 is 1.88. The number of fused-ring (bicyclic) bond motifs is 13. The summed E-state index contributed by atoms with van der Waals surface area (Å²) < 4.78 is 2.67. The van der Waals surface area contributed by atoms with E-state index in [1.54, 1.807) is 0 Å². The zero-order valence-corrected chi connectivity index (χ0v) is 25.2. The molecule has 1 N–H and O–H groups in total. The molecule has 1 heterocycles. The standard InChI is InChI=1S/C43H27NS/c1-5-20-35-30(14-1)31-15-2-6-21-36(31)43(35)37-22-7-3-17-34(37)41-38(43)23-11-24-39(41)44-28-13-9-12-27(26-28)29-18-10-19-33-32-16-4-8-25-40(32)45-42(29)33/h1-26,44H. The number of hydrogen-bond donors (Lipinski definition) is 1. The zero-order chi connectivity index (χ0) is 29.5. The summed E-state index contributed by atoms with van der Waals surface area (Å²) in [4.78, 5) is 0. The van der Waals surface area contributed by atoms with E-state index in [0.29, 0.717) is 0 Å². The van der Waals surface area contributed by atoms with Crippen molar-refractivity contribution < 1.29 is 0 Å². The van der Waals surface area contributed by atoms with E-state index < -0.39 is 0 Å². The molecular formula is C43H27NS. The number of anilines is 2. The molecule has 0 unspecified atom stereocenters. The van der Waals surface area contributed by atoms with Crippen molar-refractivity contribution in [1.29, 1.82) is 0 Å². The molecule has 1 aromatic heterocycles. The van der Waals surface area contributed by atoms with Crippen molar-refractivity contribution in [3.8, 4) is 33.4 Å². The summed E-state index contributed by atoms with van der Waals surface area (Å²) in [5.74, 6) is 0. The lowest BCUT2D eigenvalue weighted by atomic mass is 9.70. The van der Waals surface area contributed by atoms with E-state index in [0.717, 1.165) is 11.4 Å². The maximum Gasteiger partial charge on any atom is 0.0726 e. The molecule has 0 saturated carbocycles. The van der Waals surface area contributed by atoms with Crippen LogP contribution >= 0.6 is 11.3 Å². The molecule has 0 saturated heterocycles. The van der Waals surface area contributed by atoms with Crippen molar-refractivity contribution in [3.63, 3.8) is 0 Å². The molecule has 1 nitrogen and oxygen atoms in total. The van der Waals surface area contributed by atoms with Crippen molar-refractivity contribution >= 4 is 42.9 Å². The van der Waals surface area contributed by atoms with E-state index in [-0.39, 0.29) is 5.41 Å². The summed E-state index contributed by atoms with van der Waals surface area (Å²) in [6.07, 6.45) is 0. The first-order chi connectivity index (χ1) is 22.3. The quantitative estimate of drug-likeness (QED) is 0.216. The molecular weight excluding hydrogens is 563 g/mol. The van der Waals surface area contributed by atoms with Gasteiger partial charge in [-0.25, -0.2) is 0 Å². The molecule has 8 aromatic rings. The average Bonchev–Trinajstić information content (AvgIpc) is 3.73. The summed E-state index contributed by atoms with van der Waals surface area (Å²) in [5, 5.41) is 6.54. The third kappa shape index (κ3) is 3.32. The van der Waals surface area contributed by atoms with Crippen LogP contribution in [0.4, 0.5) is 11.4 Å². The number of thiophene rings is 1. The van der Waals surface area contributed by atoms with E-state index >= 15 is 0 Å². The molecule has 45 heavy (non-hydrogen) atoms. The van der Waals surface area contributed by atoms with Crippen LogP contribution < -0.4 is 5.32 Å². The van der Waals surface area contributed by atoms with Gasteiger partial charge in [0.1, 0.15) is 0 Å². The van der Waals surface area contributed by atoms with Gasteiger partial charge in [0.2, 0.25) is 0 Å². The van der Waals surface area contributed by atoms with Gasteiger partial charge in [0.15, 0.2) is 0 Å². The number of benzene rings is 7. The summed E-state index contributed by atoms with van der Waals surface area (Å²) in [7, 11) is 0. The Morgan fingerprint density at radius 1 is 0.444 bits per heavy atom. The second kappa shape index (κ2) is 9.28. The Bertz CT molecular complexity index is 2440. The van der Waals surface area contributed by atoms with Gasteiger partial charge in [0, 0.05) is 37.1 Å². The fraction of sp³-hybridized carbons (Fsp3) is 0.0233. The van der Waals surface area contributed by atoms with E-state index in [2.05, 4.69) is 163 Å². The predicted octanol–water partition coefficient (Wildman–Crippen LogP) is 11.8. The number of hydrogen-bond acceptors (Lipinski definition) is 2. The molecule has 0 amide bonds. The third-order valence-electron chi connectivity index (χ3n) is 9.88. The highest BCUT2D eigenvalue weighted by Gasteiger charge is 2.51. The van der Waals surface area contributed by atoms with Crippen LogP contribution in [0.5, 0.6) is 0 Å². The molecule has 2 aliphatic carbocycles. The van der Waals surface area contributed by atoms with Crippen LogP contribution in [0.3, 0.4) is 0 Å². The predicted molar refractivity (Wildman–Crippen MR) is 191 cm³/mol. The highest BCUT2D eigenvalue weighted by atomic mass is 32.1. The maximum atomic E-state index is 3.89. The normalized spacial score (nSPS) is 13.5. The monoisotopic (exact) mass is 589 g/mol. The second-order valence-corrected chi connectivity index (χ2v) is 13.2. The molecule has 0 aliphatic heterocycles. The summed E-state index contributed by atoms with van der Waals surface area (Å²) in [6, 6.07) is 58.1. The molecule has 0 fully saturated rings. The smallest absolute Gasteiger partial charge is 0.0726 e. The Labute approximate surface area is 266 Å². The van der Waals surface area contributed by atoms with Crippen LogP contribution in [0.25, 0.3) is 53.6 Å². The number of nitrogens with one attached hydrogen (secondary N) is 1. The topological polar surface area (TPSA) is 12.0 Å². The fourth-order valence-electron chi connectivity index (χ4n) is 8.14. The lowest BCUT2D eigenvalue weighted by molar-refractivity contribution is 0.794. The highest BCUT2D eigenvalue weighted by molar-refractivity contribution is 7.26. The zero-order valence-electron chi connectivity index (χ0n) is 24.4. The van der Waals surface area contributed by atoms with Gasteiger partial charge in [-0.2, -0.15) is 0 Å². The lowest BCUT2D eigenvalue weighted by Crippen LogP contribution is -2.25. The van der Waals surface area contributed by atoms with Crippen molar-refractivity contribution in [2.45, 2.75) is 5.41 Å². The fourth-order valence-corrected chi connectivity index (χ4v) is 9.38. The van der Waals surface area contributed by atoms with Gasteiger partial charge in [-0.15, -0.1) is 11.3 Å². The maximum absolute atomic E-state index is 3.89. The van der Waals surface area contributed by atoms with Crippen molar-refractivity contribution in [2.24, 2.45) is 0 Å². The van der Waals surface area contributed by atoms with Gasteiger partial charge in [-0.1, -0.05) is 133 Å². The van der Waals surface area contributed by atoms with E-state index in [1.165, 1.54) is 75.8 Å². The Morgan fingerprint density at radius 3 is 1.82 bits per heavy atom. The Morgan fingerprint density at radius 2 is 1.02 bits per heavy atom. The SMILES string of the molecule is c1cc(Nc2cccc3c2-c2ccccc2C32c3ccccc3-c3ccccc32)cc(-c2cccc3c2sc2ccccc23)c1. The first-order valence-electron chi connectivity index (χ1n) is 15.5.